The van der Waals surface area contributed by atoms with Gasteiger partial charge in [0.1, 0.15) is 0 Å². The Hall–Kier alpha value is -1.38. The van der Waals surface area contributed by atoms with Crippen molar-refractivity contribution in [2.45, 2.75) is 13.3 Å². The molecule has 1 heterocycles. The molecule has 0 saturated heterocycles. The molecule has 58 valence electrons. The van der Waals surface area contributed by atoms with Crippen LogP contribution in [-0.2, 0) is 6.42 Å². The van der Waals surface area contributed by atoms with Gasteiger partial charge in [0.15, 0.2) is 0 Å². The third-order valence-corrected chi connectivity index (χ3v) is 1.45. The van der Waals surface area contributed by atoms with Gasteiger partial charge in [-0.25, -0.2) is 0 Å². The monoisotopic (exact) mass is 150 g/mol. The molecule has 0 atom stereocenters. The molecular formula is C8H8NO2-. The Kier molecular flexibility index (Phi) is 2.21. The van der Waals surface area contributed by atoms with Crippen molar-refractivity contribution < 1.29 is 9.90 Å². The first kappa shape index (κ1) is 7.72. The molecule has 0 fully saturated rings. The van der Waals surface area contributed by atoms with Crippen molar-refractivity contribution >= 4 is 5.97 Å². The minimum absolute atomic E-state index is 0.190. The fourth-order valence-electron chi connectivity index (χ4n) is 0.906. The first-order valence-corrected chi connectivity index (χ1v) is 3.41. The van der Waals surface area contributed by atoms with Crippen molar-refractivity contribution in [2.75, 3.05) is 0 Å². The van der Waals surface area contributed by atoms with Crippen molar-refractivity contribution in [3.63, 3.8) is 0 Å². The van der Waals surface area contributed by atoms with Gasteiger partial charge in [-0.1, -0.05) is 6.92 Å². The SMILES string of the molecule is CCc1ncccc1C(=O)[O-]. The number of carboxylic acids is 1. The van der Waals surface area contributed by atoms with E-state index in [0.717, 1.165) is 0 Å². The van der Waals surface area contributed by atoms with Gasteiger partial charge >= 0.3 is 0 Å². The summed E-state index contributed by atoms with van der Waals surface area (Å²) in [6.45, 7) is 1.86. The maximum absolute atomic E-state index is 10.4. The van der Waals surface area contributed by atoms with Crippen LogP contribution in [0.2, 0.25) is 0 Å². The number of nitrogens with zero attached hydrogens (tertiary/aromatic N) is 1. The molecule has 0 N–H and O–H groups in total. The molecule has 0 spiro atoms. The zero-order valence-corrected chi connectivity index (χ0v) is 6.20. The third kappa shape index (κ3) is 1.55. The number of aromatic carboxylic acids is 1. The summed E-state index contributed by atoms with van der Waals surface area (Å²) in [5, 5.41) is 10.4. The minimum Gasteiger partial charge on any atom is -0.545 e. The van der Waals surface area contributed by atoms with Crippen LogP contribution in [-0.4, -0.2) is 11.0 Å². The summed E-state index contributed by atoms with van der Waals surface area (Å²) in [5.41, 5.74) is 0.766. The van der Waals surface area contributed by atoms with Crippen molar-refractivity contribution in [1.29, 1.82) is 0 Å². The molecule has 0 aromatic carbocycles. The zero-order valence-electron chi connectivity index (χ0n) is 6.20. The fraction of sp³-hybridized carbons (Fsp3) is 0.250. The Balaban J connectivity index is 3.12. The zero-order chi connectivity index (χ0) is 8.27. The molecule has 0 saturated carbocycles. The normalized spacial score (nSPS) is 9.55. The van der Waals surface area contributed by atoms with E-state index in [1.54, 1.807) is 12.3 Å². The Labute approximate surface area is 64.7 Å². The molecule has 3 heteroatoms. The quantitative estimate of drug-likeness (QED) is 0.596. The molecule has 0 aliphatic carbocycles. The Morgan fingerprint density at radius 2 is 2.45 bits per heavy atom. The van der Waals surface area contributed by atoms with Gasteiger partial charge in [-0.05, 0) is 18.6 Å². The van der Waals surface area contributed by atoms with Gasteiger partial charge in [0.25, 0.3) is 0 Å². The summed E-state index contributed by atoms with van der Waals surface area (Å²) < 4.78 is 0. The summed E-state index contributed by atoms with van der Waals surface area (Å²) in [7, 11) is 0. The molecule has 0 bridgehead atoms. The van der Waals surface area contributed by atoms with Crippen molar-refractivity contribution in [3.05, 3.63) is 29.6 Å². The molecule has 0 amide bonds. The molecule has 3 nitrogen and oxygen atoms in total. The van der Waals surface area contributed by atoms with E-state index in [1.165, 1.54) is 6.07 Å². The standard InChI is InChI=1S/C8H9NO2/c1-2-7-6(8(10)11)4-3-5-9-7/h3-5H,2H2,1H3,(H,10,11)/p-1. The number of carbonyl (C=O) groups excluding carboxylic acids is 1. The lowest BCUT2D eigenvalue weighted by atomic mass is 10.1. The highest BCUT2D eigenvalue weighted by Crippen LogP contribution is 2.03. The fourth-order valence-corrected chi connectivity index (χ4v) is 0.906. The molecule has 0 aliphatic rings. The first-order valence-electron chi connectivity index (χ1n) is 3.41. The maximum Gasteiger partial charge on any atom is 0.0733 e. The van der Waals surface area contributed by atoms with Gasteiger partial charge in [0.2, 0.25) is 0 Å². The second kappa shape index (κ2) is 3.14. The summed E-state index contributed by atoms with van der Waals surface area (Å²) in [5.74, 6) is -1.16. The number of carbonyl (C=O) groups is 1. The number of hydrogen-bond acceptors (Lipinski definition) is 3. The second-order valence-corrected chi connectivity index (χ2v) is 2.14. The second-order valence-electron chi connectivity index (χ2n) is 2.14. The maximum atomic E-state index is 10.4. The number of aryl methyl sites for hydroxylation is 1. The van der Waals surface area contributed by atoms with E-state index >= 15 is 0 Å². The molecule has 11 heavy (non-hydrogen) atoms. The molecule has 0 aliphatic heterocycles. The summed E-state index contributed by atoms with van der Waals surface area (Å²) >= 11 is 0. The van der Waals surface area contributed by atoms with Gasteiger partial charge in [0, 0.05) is 17.5 Å². The largest absolute Gasteiger partial charge is 0.545 e. The highest BCUT2D eigenvalue weighted by molar-refractivity contribution is 5.86. The number of pyridine rings is 1. The molecule has 0 radical (unpaired) electrons. The van der Waals surface area contributed by atoms with Crippen LogP contribution in [0.4, 0.5) is 0 Å². The molecule has 1 aromatic heterocycles. The van der Waals surface area contributed by atoms with E-state index in [-0.39, 0.29) is 5.56 Å². The van der Waals surface area contributed by atoms with Gasteiger partial charge < -0.3 is 9.90 Å². The van der Waals surface area contributed by atoms with Crippen LogP contribution >= 0.6 is 0 Å². The number of rotatable bonds is 2. The summed E-state index contributed by atoms with van der Waals surface area (Å²) in [6, 6.07) is 3.09. The van der Waals surface area contributed by atoms with E-state index in [1.807, 2.05) is 6.92 Å². The highest BCUT2D eigenvalue weighted by atomic mass is 16.4. The van der Waals surface area contributed by atoms with Crippen LogP contribution in [0.3, 0.4) is 0 Å². The Morgan fingerprint density at radius 3 is 2.91 bits per heavy atom. The van der Waals surface area contributed by atoms with Crippen molar-refractivity contribution in [2.24, 2.45) is 0 Å². The highest BCUT2D eigenvalue weighted by Gasteiger charge is 1.99. The lowest BCUT2D eigenvalue weighted by Crippen LogP contribution is -2.24. The number of hydrogen-bond donors (Lipinski definition) is 0. The summed E-state index contributed by atoms with van der Waals surface area (Å²) in [6.07, 6.45) is 2.19. The van der Waals surface area contributed by atoms with Crippen molar-refractivity contribution in [1.82, 2.24) is 4.98 Å². The van der Waals surface area contributed by atoms with Crippen LogP contribution in [0.5, 0.6) is 0 Å². The Morgan fingerprint density at radius 1 is 1.73 bits per heavy atom. The van der Waals surface area contributed by atoms with E-state index in [9.17, 15) is 9.90 Å². The van der Waals surface area contributed by atoms with E-state index in [2.05, 4.69) is 4.98 Å². The van der Waals surface area contributed by atoms with Crippen LogP contribution < -0.4 is 5.11 Å². The van der Waals surface area contributed by atoms with E-state index in [4.69, 9.17) is 0 Å². The molecule has 1 rings (SSSR count). The van der Waals surface area contributed by atoms with Gasteiger partial charge in [-0.2, -0.15) is 0 Å². The average Bonchev–Trinajstić information content (AvgIpc) is 2.04. The van der Waals surface area contributed by atoms with E-state index < -0.39 is 5.97 Å². The predicted molar refractivity (Wildman–Crippen MR) is 37.9 cm³/mol. The average molecular weight is 150 g/mol. The molecular weight excluding hydrogens is 142 g/mol. The predicted octanol–water partition coefficient (Wildman–Crippen LogP) is 0.00750. The van der Waals surface area contributed by atoms with E-state index in [0.29, 0.717) is 12.1 Å². The lowest BCUT2D eigenvalue weighted by Gasteiger charge is -2.05. The van der Waals surface area contributed by atoms with Gasteiger partial charge in [-0.3, -0.25) is 4.98 Å². The minimum atomic E-state index is -1.16. The lowest BCUT2D eigenvalue weighted by molar-refractivity contribution is -0.255. The van der Waals surface area contributed by atoms with Crippen LogP contribution in [0.1, 0.15) is 23.0 Å². The summed E-state index contributed by atoms with van der Waals surface area (Å²) in [4.78, 5) is 14.3. The van der Waals surface area contributed by atoms with Gasteiger partial charge in [0.05, 0.1) is 5.97 Å². The molecule has 1 aromatic rings. The smallest absolute Gasteiger partial charge is 0.0733 e. The third-order valence-electron chi connectivity index (χ3n) is 1.45. The topological polar surface area (TPSA) is 53.0 Å². The van der Waals surface area contributed by atoms with Crippen LogP contribution in [0.25, 0.3) is 0 Å². The van der Waals surface area contributed by atoms with Crippen LogP contribution in [0, 0.1) is 0 Å². The first-order chi connectivity index (χ1) is 5.25. The van der Waals surface area contributed by atoms with Gasteiger partial charge in [-0.15, -0.1) is 0 Å². The van der Waals surface area contributed by atoms with Crippen LogP contribution in [0.15, 0.2) is 18.3 Å². The Bertz CT molecular complexity index is 271. The van der Waals surface area contributed by atoms with Crippen molar-refractivity contribution in [3.8, 4) is 0 Å². The molecule has 0 unspecified atom stereocenters. The number of aromatic nitrogens is 1. The number of carboxylic acid groups (broad SMARTS) is 1.